The van der Waals surface area contributed by atoms with Gasteiger partial charge in [0.15, 0.2) is 0 Å². The van der Waals surface area contributed by atoms with Crippen molar-refractivity contribution in [2.24, 2.45) is 0 Å². The Hall–Kier alpha value is -0.470. The van der Waals surface area contributed by atoms with E-state index in [1.54, 1.807) is 5.56 Å². The van der Waals surface area contributed by atoms with E-state index in [0.717, 1.165) is 0 Å². The third kappa shape index (κ3) is 2.80. The van der Waals surface area contributed by atoms with Crippen molar-refractivity contribution in [3.63, 3.8) is 0 Å². The van der Waals surface area contributed by atoms with Crippen molar-refractivity contribution >= 4 is 11.8 Å². The molecule has 1 saturated heterocycles. The highest BCUT2D eigenvalue weighted by atomic mass is 32.2. The Balaban J connectivity index is 2.14. The summed E-state index contributed by atoms with van der Waals surface area (Å²) >= 11 is 2.07. The molecule has 1 heterocycles. The molecule has 1 fully saturated rings. The van der Waals surface area contributed by atoms with Gasteiger partial charge in [-0.1, -0.05) is 17.7 Å². The van der Waals surface area contributed by atoms with Gasteiger partial charge < -0.3 is 5.32 Å². The number of benzene rings is 1. The summed E-state index contributed by atoms with van der Waals surface area (Å²) in [5.41, 5.74) is 5.83. The summed E-state index contributed by atoms with van der Waals surface area (Å²) in [5, 5.41) is 3.62. The third-order valence-electron chi connectivity index (χ3n) is 3.29. The molecule has 1 N–H and O–H groups in total. The van der Waals surface area contributed by atoms with Gasteiger partial charge in [0.25, 0.3) is 0 Å². The second-order valence-electron chi connectivity index (χ2n) is 4.81. The minimum absolute atomic E-state index is 0.666. The summed E-state index contributed by atoms with van der Waals surface area (Å²) in [5.74, 6) is 2.52. The van der Waals surface area contributed by atoms with Crippen molar-refractivity contribution in [1.82, 2.24) is 5.32 Å². The molecule has 0 aliphatic carbocycles. The number of nitrogens with one attached hydrogen (secondary N) is 1. The van der Waals surface area contributed by atoms with Gasteiger partial charge in [-0.15, -0.1) is 0 Å². The maximum Gasteiger partial charge on any atom is 0.0199 e. The van der Waals surface area contributed by atoms with Crippen molar-refractivity contribution in [3.8, 4) is 0 Å². The molecule has 1 atom stereocenters. The predicted octanol–water partition coefficient (Wildman–Crippen LogP) is 2.86. The molecule has 1 aliphatic rings. The fourth-order valence-electron chi connectivity index (χ4n) is 2.53. The molecule has 2 heteroatoms. The van der Waals surface area contributed by atoms with Crippen LogP contribution in [-0.4, -0.2) is 24.1 Å². The average Bonchev–Trinajstić information content (AvgIpc) is 2.25. The minimum Gasteiger partial charge on any atom is -0.312 e. The van der Waals surface area contributed by atoms with Gasteiger partial charge in [-0.25, -0.2) is 0 Å². The summed E-state index contributed by atoms with van der Waals surface area (Å²) < 4.78 is 0. The van der Waals surface area contributed by atoms with Crippen LogP contribution in [0.15, 0.2) is 12.1 Å². The van der Waals surface area contributed by atoms with Gasteiger partial charge >= 0.3 is 0 Å². The Morgan fingerprint density at radius 3 is 2.50 bits per heavy atom. The molecule has 1 nitrogen and oxygen atoms in total. The zero-order chi connectivity index (χ0) is 11.5. The number of hydrogen-bond donors (Lipinski definition) is 1. The van der Waals surface area contributed by atoms with E-state index in [1.807, 2.05) is 0 Å². The molecule has 0 amide bonds. The van der Waals surface area contributed by atoms with Gasteiger partial charge in [0.2, 0.25) is 0 Å². The molecule has 1 unspecified atom stereocenters. The van der Waals surface area contributed by atoms with Crippen LogP contribution in [0.3, 0.4) is 0 Å². The first-order valence-corrected chi connectivity index (χ1v) is 7.20. The highest BCUT2D eigenvalue weighted by Crippen LogP contribution is 2.20. The summed E-state index contributed by atoms with van der Waals surface area (Å²) in [6.45, 7) is 7.83. The Labute approximate surface area is 103 Å². The molecule has 88 valence electrons. The molecular weight excluding hydrogens is 214 g/mol. The first kappa shape index (κ1) is 12.0. The summed E-state index contributed by atoms with van der Waals surface area (Å²) in [6, 6.07) is 5.27. The maximum absolute atomic E-state index is 3.62. The lowest BCUT2D eigenvalue weighted by Gasteiger charge is -2.24. The number of aryl methyl sites for hydroxylation is 3. The first-order chi connectivity index (χ1) is 7.66. The van der Waals surface area contributed by atoms with Crippen LogP contribution in [-0.2, 0) is 6.42 Å². The second-order valence-corrected chi connectivity index (χ2v) is 5.96. The molecule has 0 radical (unpaired) electrons. The van der Waals surface area contributed by atoms with Crippen molar-refractivity contribution in [1.29, 1.82) is 0 Å². The standard InChI is InChI=1S/C14H21NS/c1-10-6-11(2)14(12(3)7-10)8-13-9-16-5-4-15-13/h6-7,13,15H,4-5,8-9H2,1-3H3. The van der Waals surface area contributed by atoms with E-state index in [1.165, 1.54) is 41.2 Å². The van der Waals surface area contributed by atoms with Gasteiger partial charge in [0.05, 0.1) is 0 Å². The molecule has 16 heavy (non-hydrogen) atoms. The molecule has 0 spiro atoms. The van der Waals surface area contributed by atoms with Gasteiger partial charge in [-0.05, 0) is 43.9 Å². The van der Waals surface area contributed by atoms with E-state index in [4.69, 9.17) is 0 Å². The van der Waals surface area contributed by atoms with Crippen LogP contribution in [0.25, 0.3) is 0 Å². The molecule has 1 aromatic rings. The van der Waals surface area contributed by atoms with E-state index in [9.17, 15) is 0 Å². The zero-order valence-electron chi connectivity index (χ0n) is 10.5. The van der Waals surface area contributed by atoms with Crippen molar-refractivity contribution in [2.75, 3.05) is 18.1 Å². The molecule has 0 bridgehead atoms. The van der Waals surface area contributed by atoms with Crippen LogP contribution >= 0.6 is 11.8 Å². The van der Waals surface area contributed by atoms with Crippen LogP contribution in [0.1, 0.15) is 22.3 Å². The number of thioether (sulfide) groups is 1. The zero-order valence-corrected chi connectivity index (χ0v) is 11.3. The highest BCUT2D eigenvalue weighted by Gasteiger charge is 2.15. The van der Waals surface area contributed by atoms with Crippen LogP contribution in [0.2, 0.25) is 0 Å². The van der Waals surface area contributed by atoms with Crippen LogP contribution in [0.5, 0.6) is 0 Å². The molecular formula is C14H21NS. The molecule has 0 saturated carbocycles. The van der Waals surface area contributed by atoms with E-state index in [-0.39, 0.29) is 0 Å². The first-order valence-electron chi connectivity index (χ1n) is 6.04. The third-order valence-corrected chi connectivity index (χ3v) is 4.42. The quantitative estimate of drug-likeness (QED) is 0.846. The molecule has 1 aromatic carbocycles. The normalized spacial score (nSPS) is 21.1. The Morgan fingerprint density at radius 1 is 1.25 bits per heavy atom. The lowest BCUT2D eigenvalue weighted by molar-refractivity contribution is 0.561. The predicted molar refractivity (Wildman–Crippen MR) is 73.5 cm³/mol. The van der Waals surface area contributed by atoms with Crippen LogP contribution < -0.4 is 5.32 Å². The summed E-state index contributed by atoms with van der Waals surface area (Å²) in [7, 11) is 0. The molecule has 1 aliphatic heterocycles. The smallest absolute Gasteiger partial charge is 0.0199 e. The average molecular weight is 235 g/mol. The van der Waals surface area contributed by atoms with Crippen molar-refractivity contribution in [2.45, 2.75) is 33.2 Å². The van der Waals surface area contributed by atoms with E-state index >= 15 is 0 Å². The molecule has 2 rings (SSSR count). The topological polar surface area (TPSA) is 12.0 Å². The summed E-state index contributed by atoms with van der Waals surface area (Å²) in [6.07, 6.45) is 1.19. The maximum atomic E-state index is 3.62. The fourth-order valence-corrected chi connectivity index (χ4v) is 3.48. The monoisotopic (exact) mass is 235 g/mol. The Kier molecular flexibility index (Phi) is 3.93. The fraction of sp³-hybridized carbons (Fsp3) is 0.571. The van der Waals surface area contributed by atoms with Crippen LogP contribution in [0.4, 0.5) is 0 Å². The SMILES string of the molecule is Cc1cc(C)c(CC2CSCCN2)c(C)c1. The highest BCUT2D eigenvalue weighted by molar-refractivity contribution is 7.99. The van der Waals surface area contributed by atoms with Crippen molar-refractivity contribution < 1.29 is 0 Å². The Morgan fingerprint density at radius 2 is 1.94 bits per heavy atom. The van der Waals surface area contributed by atoms with E-state index < -0.39 is 0 Å². The Bertz CT molecular complexity index is 344. The van der Waals surface area contributed by atoms with Gasteiger partial charge in [-0.2, -0.15) is 11.8 Å². The summed E-state index contributed by atoms with van der Waals surface area (Å²) in [4.78, 5) is 0. The lowest BCUT2D eigenvalue weighted by atomic mass is 9.95. The number of rotatable bonds is 2. The van der Waals surface area contributed by atoms with Crippen LogP contribution in [0, 0.1) is 20.8 Å². The second kappa shape index (κ2) is 5.24. The molecule has 0 aromatic heterocycles. The van der Waals surface area contributed by atoms with E-state index in [2.05, 4.69) is 50.0 Å². The van der Waals surface area contributed by atoms with Gasteiger partial charge in [0.1, 0.15) is 0 Å². The van der Waals surface area contributed by atoms with Gasteiger partial charge in [-0.3, -0.25) is 0 Å². The van der Waals surface area contributed by atoms with Gasteiger partial charge in [0, 0.05) is 24.1 Å². The van der Waals surface area contributed by atoms with E-state index in [0.29, 0.717) is 6.04 Å². The minimum atomic E-state index is 0.666. The number of hydrogen-bond acceptors (Lipinski definition) is 2. The van der Waals surface area contributed by atoms with Crippen molar-refractivity contribution in [3.05, 3.63) is 34.4 Å². The lowest BCUT2D eigenvalue weighted by Crippen LogP contribution is -2.39. The largest absolute Gasteiger partial charge is 0.312 e.